The topological polar surface area (TPSA) is 95.5 Å². The molecule has 0 bridgehead atoms. The summed E-state index contributed by atoms with van der Waals surface area (Å²) in [5, 5.41) is 17.2. The minimum absolute atomic E-state index is 0.239. The number of hydrogen-bond donors (Lipinski definition) is 2. The van der Waals surface area contributed by atoms with Crippen molar-refractivity contribution >= 4 is 17.2 Å². The molecule has 20 heavy (non-hydrogen) atoms. The molecule has 2 aromatic heterocycles. The number of nitrogens with one attached hydrogen (secondary N) is 2. The van der Waals surface area contributed by atoms with E-state index in [4.69, 9.17) is 6.57 Å². The Morgan fingerprint density at radius 2 is 2.10 bits per heavy atom. The van der Waals surface area contributed by atoms with Crippen molar-refractivity contribution in [1.29, 1.82) is 0 Å². The molecule has 0 aliphatic carbocycles. The van der Waals surface area contributed by atoms with Gasteiger partial charge in [-0.3, -0.25) is 19.7 Å². The molecule has 8 heteroatoms. The van der Waals surface area contributed by atoms with E-state index < -0.39 is 0 Å². The molecule has 0 fully saturated rings. The Morgan fingerprint density at radius 1 is 1.40 bits per heavy atom. The first-order chi connectivity index (χ1) is 9.34. The molecular formula is C12H15N7O. The van der Waals surface area contributed by atoms with Crippen LogP contribution < -0.4 is 5.56 Å². The lowest BCUT2D eigenvalue weighted by molar-refractivity contribution is 0.552. The SMILES string of the molecule is [C-]#[N+]c1cn[nH]c1N=Nc1c(C(C)(C)C)[nH]n(C)c1=O. The van der Waals surface area contributed by atoms with Crippen LogP contribution in [0.15, 0.2) is 21.2 Å². The molecule has 0 atom stereocenters. The molecule has 2 N–H and O–H groups in total. The second-order valence-corrected chi connectivity index (χ2v) is 5.37. The lowest BCUT2D eigenvalue weighted by Gasteiger charge is -2.16. The molecule has 2 heterocycles. The van der Waals surface area contributed by atoms with Gasteiger partial charge in [-0.1, -0.05) is 20.8 Å². The molecule has 0 aromatic carbocycles. The third kappa shape index (κ3) is 2.38. The minimum atomic E-state index is -0.272. The standard InChI is InChI=1S/C12H15N7O/c1-12(2,3)9-8(11(20)19(5)18-9)15-17-10-7(13-4)6-14-16-10/h6,18H,1-3,5H3,(H,14,16). The zero-order valence-electron chi connectivity index (χ0n) is 11.7. The number of aromatic nitrogens is 4. The molecule has 0 aliphatic rings. The number of hydrogen-bond acceptors (Lipinski definition) is 4. The second kappa shape index (κ2) is 4.77. The van der Waals surface area contributed by atoms with E-state index in [1.54, 1.807) is 7.05 Å². The number of nitrogens with zero attached hydrogens (tertiary/aromatic N) is 5. The zero-order valence-corrected chi connectivity index (χ0v) is 11.7. The van der Waals surface area contributed by atoms with Crippen LogP contribution in [0.1, 0.15) is 26.5 Å². The maximum atomic E-state index is 12.0. The molecule has 2 aromatic rings. The normalized spacial score (nSPS) is 11.9. The lowest BCUT2D eigenvalue weighted by atomic mass is 9.91. The fraction of sp³-hybridized carbons (Fsp3) is 0.417. The first-order valence-electron chi connectivity index (χ1n) is 5.96. The van der Waals surface area contributed by atoms with Gasteiger partial charge in [-0.15, -0.1) is 10.2 Å². The Labute approximate surface area is 115 Å². The van der Waals surface area contributed by atoms with Gasteiger partial charge in [0.25, 0.3) is 11.2 Å². The van der Waals surface area contributed by atoms with Crippen molar-refractivity contribution in [2.24, 2.45) is 17.3 Å². The van der Waals surface area contributed by atoms with E-state index >= 15 is 0 Å². The Hall–Kier alpha value is -2.69. The maximum Gasteiger partial charge on any atom is 0.294 e. The van der Waals surface area contributed by atoms with Crippen LogP contribution in [0, 0.1) is 6.57 Å². The summed E-state index contributed by atoms with van der Waals surface area (Å²) in [6.07, 6.45) is 1.36. The van der Waals surface area contributed by atoms with E-state index in [-0.39, 0.29) is 28.2 Å². The summed E-state index contributed by atoms with van der Waals surface area (Å²) in [4.78, 5) is 15.3. The van der Waals surface area contributed by atoms with Crippen LogP contribution in [0.5, 0.6) is 0 Å². The molecule has 0 aliphatic heterocycles. The van der Waals surface area contributed by atoms with Crippen molar-refractivity contribution in [3.05, 3.63) is 33.7 Å². The van der Waals surface area contributed by atoms with Crippen molar-refractivity contribution in [2.45, 2.75) is 26.2 Å². The highest BCUT2D eigenvalue weighted by Crippen LogP contribution is 2.30. The monoisotopic (exact) mass is 273 g/mol. The van der Waals surface area contributed by atoms with Crippen molar-refractivity contribution < 1.29 is 0 Å². The van der Waals surface area contributed by atoms with E-state index in [9.17, 15) is 4.79 Å². The molecule has 0 radical (unpaired) electrons. The van der Waals surface area contributed by atoms with Crippen molar-refractivity contribution in [3.8, 4) is 0 Å². The number of H-pyrrole nitrogens is 2. The molecule has 2 rings (SSSR count). The van der Waals surface area contributed by atoms with Crippen molar-refractivity contribution in [2.75, 3.05) is 0 Å². The molecule has 0 unspecified atom stereocenters. The van der Waals surface area contributed by atoms with Gasteiger partial charge < -0.3 is 0 Å². The van der Waals surface area contributed by atoms with E-state index in [2.05, 4.69) is 30.4 Å². The molecule has 0 saturated carbocycles. The Kier molecular flexibility index (Phi) is 3.28. The highest BCUT2D eigenvalue weighted by atomic mass is 16.1. The van der Waals surface area contributed by atoms with Crippen LogP contribution in [-0.4, -0.2) is 20.0 Å². The largest absolute Gasteiger partial charge is 0.297 e. The summed E-state index contributed by atoms with van der Waals surface area (Å²) in [6, 6.07) is 0. The molecule has 0 saturated heterocycles. The van der Waals surface area contributed by atoms with Gasteiger partial charge in [-0.2, -0.15) is 5.10 Å². The van der Waals surface area contributed by atoms with Crippen LogP contribution in [-0.2, 0) is 12.5 Å². The first-order valence-corrected chi connectivity index (χ1v) is 5.96. The molecule has 0 amide bonds. The third-order valence-electron chi connectivity index (χ3n) is 2.74. The Morgan fingerprint density at radius 3 is 2.70 bits per heavy atom. The van der Waals surface area contributed by atoms with Crippen LogP contribution in [0.4, 0.5) is 17.2 Å². The fourth-order valence-electron chi connectivity index (χ4n) is 1.68. The number of azo groups is 1. The Bertz CT molecular complexity index is 748. The van der Waals surface area contributed by atoms with Crippen molar-refractivity contribution in [3.63, 3.8) is 0 Å². The van der Waals surface area contributed by atoms with Gasteiger partial charge in [0.1, 0.15) is 0 Å². The van der Waals surface area contributed by atoms with Gasteiger partial charge in [-0.05, 0) is 0 Å². The number of rotatable bonds is 2. The summed E-state index contributed by atoms with van der Waals surface area (Å²) in [5.41, 5.74) is 0.662. The lowest BCUT2D eigenvalue weighted by Crippen LogP contribution is -2.12. The van der Waals surface area contributed by atoms with Crippen molar-refractivity contribution in [1.82, 2.24) is 20.0 Å². The first kappa shape index (κ1) is 13.7. The predicted molar refractivity (Wildman–Crippen MR) is 73.8 cm³/mol. The second-order valence-electron chi connectivity index (χ2n) is 5.37. The average molecular weight is 273 g/mol. The average Bonchev–Trinajstić information content (AvgIpc) is 2.93. The molecule has 8 nitrogen and oxygen atoms in total. The van der Waals surface area contributed by atoms with Crippen LogP contribution in [0.2, 0.25) is 0 Å². The molecule has 104 valence electrons. The molecular weight excluding hydrogens is 258 g/mol. The highest BCUT2D eigenvalue weighted by molar-refractivity contribution is 5.60. The fourth-order valence-corrected chi connectivity index (χ4v) is 1.68. The van der Waals surface area contributed by atoms with Gasteiger partial charge in [0.2, 0.25) is 0 Å². The minimum Gasteiger partial charge on any atom is -0.297 e. The zero-order chi connectivity index (χ0) is 14.9. The summed E-state index contributed by atoms with van der Waals surface area (Å²) in [5.74, 6) is 0.239. The van der Waals surface area contributed by atoms with E-state index in [0.717, 1.165) is 0 Å². The Balaban J connectivity index is 2.50. The smallest absolute Gasteiger partial charge is 0.294 e. The van der Waals surface area contributed by atoms with Gasteiger partial charge in [0, 0.05) is 12.5 Å². The number of aryl methyl sites for hydroxylation is 1. The quantitative estimate of drug-likeness (QED) is 0.650. The summed E-state index contributed by atoms with van der Waals surface area (Å²) >= 11 is 0. The summed E-state index contributed by atoms with van der Waals surface area (Å²) < 4.78 is 1.36. The van der Waals surface area contributed by atoms with Gasteiger partial charge in [0.15, 0.2) is 11.5 Å². The highest BCUT2D eigenvalue weighted by Gasteiger charge is 2.24. The molecule has 0 spiro atoms. The maximum absolute atomic E-state index is 12.0. The van der Waals surface area contributed by atoms with Crippen LogP contribution in [0.3, 0.4) is 0 Å². The van der Waals surface area contributed by atoms with E-state index in [0.29, 0.717) is 5.69 Å². The third-order valence-corrected chi connectivity index (χ3v) is 2.74. The van der Waals surface area contributed by atoms with Gasteiger partial charge >= 0.3 is 0 Å². The van der Waals surface area contributed by atoms with E-state index in [1.165, 1.54) is 10.9 Å². The summed E-state index contributed by atoms with van der Waals surface area (Å²) in [6.45, 7) is 12.9. The van der Waals surface area contributed by atoms with Crippen LogP contribution in [0.25, 0.3) is 4.85 Å². The van der Waals surface area contributed by atoms with Gasteiger partial charge in [-0.25, -0.2) is 4.85 Å². The van der Waals surface area contributed by atoms with E-state index in [1.807, 2.05) is 20.8 Å². The van der Waals surface area contributed by atoms with Gasteiger partial charge in [0.05, 0.1) is 18.5 Å². The summed E-state index contributed by atoms with van der Waals surface area (Å²) in [7, 11) is 1.62. The predicted octanol–water partition coefficient (Wildman–Crippen LogP) is 2.70. The number of aromatic amines is 2. The van der Waals surface area contributed by atoms with Crippen LogP contribution >= 0.6 is 0 Å².